The smallest absolute Gasteiger partial charge is 0.127 e. The molecule has 0 spiro atoms. The summed E-state index contributed by atoms with van der Waals surface area (Å²) in [5.41, 5.74) is 1.44. The molecule has 0 bridgehead atoms. The van der Waals surface area contributed by atoms with Gasteiger partial charge in [-0.25, -0.2) is 0 Å². The van der Waals surface area contributed by atoms with Crippen molar-refractivity contribution in [3.8, 4) is 0 Å². The minimum absolute atomic E-state index is 0.397. The van der Waals surface area contributed by atoms with Crippen LogP contribution in [0.3, 0.4) is 0 Å². The maximum Gasteiger partial charge on any atom is 0.127 e. The minimum Gasteiger partial charge on any atom is -0.352 e. The summed E-state index contributed by atoms with van der Waals surface area (Å²) in [7, 11) is 0. The maximum atomic E-state index is 2.59. The second-order valence-corrected chi connectivity index (χ2v) is 10.9. The van der Waals surface area contributed by atoms with Gasteiger partial charge in [0, 0.05) is 25.5 Å². The zero-order chi connectivity index (χ0) is 24.8. The lowest BCUT2D eigenvalue weighted by Crippen LogP contribution is -2.32. The number of nitrogens with zero attached hydrogens (tertiary/aromatic N) is 2. The lowest BCUT2D eigenvalue weighted by molar-refractivity contribution is 0.149. The fraction of sp³-hybridized carbons (Fsp3) is 0.758. The van der Waals surface area contributed by atoms with Crippen LogP contribution in [0.25, 0.3) is 0 Å². The van der Waals surface area contributed by atoms with Crippen LogP contribution in [0.1, 0.15) is 154 Å². The molecule has 0 fully saturated rings. The summed E-state index contributed by atoms with van der Waals surface area (Å²) in [6, 6.07) is 11.2. The summed E-state index contributed by atoms with van der Waals surface area (Å²) in [4.78, 5) is 5.18. The Balaban J connectivity index is 1.60. The maximum absolute atomic E-state index is 2.59. The predicted octanol–water partition coefficient (Wildman–Crippen LogP) is 10.6. The number of hydrogen-bond donors (Lipinski definition) is 0. The summed E-state index contributed by atoms with van der Waals surface area (Å²) in [5.74, 6) is 0. The molecular formula is C33H58N2. The summed E-state index contributed by atoms with van der Waals surface area (Å²) in [6.07, 6.45) is 33.2. The second-order valence-electron chi connectivity index (χ2n) is 10.9. The van der Waals surface area contributed by atoms with Crippen LogP contribution >= 0.6 is 0 Å². The van der Waals surface area contributed by atoms with E-state index < -0.39 is 0 Å². The number of hydrogen-bond acceptors (Lipinski definition) is 2. The van der Waals surface area contributed by atoms with Crippen LogP contribution in [0, 0.1) is 0 Å². The van der Waals surface area contributed by atoms with Crippen LogP contribution < -0.4 is 0 Å². The Hall–Kier alpha value is -1.44. The molecule has 1 unspecified atom stereocenters. The highest BCUT2D eigenvalue weighted by molar-refractivity contribution is 5.21. The van der Waals surface area contributed by atoms with Crippen molar-refractivity contribution in [3.63, 3.8) is 0 Å². The van der Waals surface area contributed by atoms with Crippen LogP contribution in [-0.2, 0) is 0 Å². The summed E-state index contributed by atoms with van der Waals surface area (Å²) in [6.45, 7) is 6.96. The quantitative estimate of drug-likeness (QED) is 0.143. The molecule has 1 aromatic carbocycles. The number of unbranched alkanes of at least 4 members (excludes halogenated alkanes) is 18. The van der Waals surface area contributed by atoms with E-state index in [2.05, 4.69) is 66.4 Å². The average molecular weight is 483 g/mol. The summed E-state index contributed by atoms with van der Waals surface area (Å²) >= 11 is 0. The zero-order valence-electron chi connectivity index (χ0n) is 23.6. The SMILES string of the molecule is CCCCCCCCCCCCCCN1C=CN(CCCCCCCCCC)C1c1ccccc1. The molecule has 1 heterocycles. The fourth-order valence-electron chi connectivity index (χ4n) is 5.49. The van der Waals surface area contributed by atoms with Crippen LogP contribution in [0.4, 0.5) is 0 Å². The molecule has 1 atom stereocenters. The van der Waals surface area contributed by atoms with E-state index in [-0.39, 0.29) is 0 Å². The van der Waals surface area contributed by atoms with Crippen molar-refractivity contribution in [2.24, 2.45) is 0 Å². The molecule has 1 aliphatic rings. The highest BCUT2D eigenvalue weighted by Crippen LogP contribution is 2.31. The lowest BCUT2D eigenvalue weighted by Gasteiger charge is -2.33. The fourth-order valence-corrected chi connectivity index (χ4v) is 5.49. The summed E-state index contributed by atoms with van der Waals surface area (Å²) in [5, 5.41) is 0. The molecule has 0 aromatic heterocycles. The van der Waals surface area contributed by atoms with Crippen molar-refractivity contribution >= 4 is 0 Å². The van der Waals surface area contributed by atoms with Crippen molar-refractivity contribution in [3.05, 3.63) is 48.3 Å². The second kappa shape index (κ2) is 20.7. The monoisotopic (exact) mass is 482 g/mol. The molecule has 2 rings (SSSR count). The van der Waals surface area contributed by atoms with Crippen LogP contribution in [0.15, 0.2) is 42.7 Å². The van der Waals surface area contributed by atoms with Crippen molar-refractivity contribution in [2.45, 2.75) is 148 Å². The molecule has 0 saturated heterocycles. The van der Waals surface area contributed by atoms with E-state index in [1.54, 1.807) is 0 Å². The van der Waals surface area contributed by atoms with E-state index in [0.717, 1.165) is 0 Å². The molecule has 2 heteroatoms. The van der Waals surface area contributed by atoms with E-state index in [1.165, 1.54) is 147 Å². The predicted molar refractivity (Wildman–Crippen MR) is 155 cm³/mol. The third-order valence-corrected chi connectivity index (χ3v) is 7.72. The van der Waals surface area contributed by atoms with Gasteiger partial charge < -0.3 is 9.80 Å². The number of benzene rings is 1. The van der Waals surface area contributed by atoms with E-state index >= 15 is 0 Å². The van der Waals surface area contributed by atoms with Gasteiger partial charge in [-0.2, -0.15) is 0 Å². The molecular weight excluding hydrogens is 424 g/mol. The molecule has 2 nitrogen and oxygen atoms in total. The van der Waals surface area contributed by atoms with Crippen molar-refractivity contribution < 1.29 is 0 Å². The third-order valence-electron chi connectivity index (χ3n) is 7.72. The highest BCUT2D eigenvalue weighted by Gasteiger charge is 2.26. The normalized spacial score (nSPS) is 15.4. The Morgan fingerprint density at radius 3 is 1.17 bits per heavy atom. The Kier molecular flexibility index (Phi) is 17.6. The first-order chi connectivity index (χ1) is 17.4. The van der Waals surface area contributed by atoms with Gasteiger partial charge in [0.1, 0.15) is 6.17 Å². The van der Waals surface area contributed by atoms with Gasteiger partial charge in [0.2, 0.25) is 0 Å². The van der Waals surface area contributed by atoms with Crippen molar-refractivity contribution in [1.29, 1.82) is 0 Å². The van der Waals surface area contributed by atoms with E-state index in [0.29, 0.717) is 6.17 Å². The first-order valence-corrected chi connectivity index (χ1v) is 15.6. The van der Waals surface area contributed by atoms with Gasteiger partial charge in [0.15, 0.2) is 0 Å². The van der Waals surface area contributed by atoms with Gasteiger partial charge in [0.25, 0.3) is 0 Å². The van der Waals surface area contributed by atoms with Crippen molar-refractivity contribution in [2.75, 3.05) is 13.1 Å². The Morgan fingerprint density at radius 2 is 0.800 bits per heavy atom. The Labute approximate surface area is 219 Å². The third kappa shape index (κ3) is 13.4. The van der Waals surface area contributed by atoms with Gasteiger partial charge in [0.05, 0.1) is 0 Å². The minimum atomic E-state index is 0.397. The molecule has 1 aromatic rings. The van der Waals surface area contributed by atoms with Gasteiger partial charge in [-0.05, 0) is 18.4 Å². The van der Waals surface area contributed by atoms with Gasteiger partial charge in [-0.1, -0.05) is 160 Å². The van der Waals surface area contributed by atoms with Gasteiger partial charge in [-0.3, -0.25) is 0 Å². The molecule has 0 N–H and O–H groups in total. The Bertz CT molecular complexity index is 611. The molecule has 0 amide bonds. The largest absolute Gasteiger partial charge is 0.352 e. The standard InChI is InChI=1S/C33H58N2/c1-3-5-7-9-11-13-14-15-16-18-20-25-29-35-31-30-34(33(35)32-26-22-21-23-27-32)28-24-19-17-12-10-8-6-4-2/h21-23,26-27,30-31,33H,3-20,24-25,28-29H2,1-2H3. The molecule has 35 heavy (non-hydrogen) atoms. The van der Waals surface area contributed by atoms with Crippen LogP contribution in [-0.4, -0.2) is 22.9 Å². The van der Waals surface area contributed by atoms with E-state index in [1.807, 2.05) is 0 Å². The van der Waals surface area contributed by atoms with Gasteiger partial charge in [-0.15, -0.1) is 0 Å². The topological polar surface area (TPSA) is 6.48 Å². The average Bonchev–Trinajstić information content (AvgIpc) is 3.29. The Morgan fingerprint density at radius 1 is 0.457 bits per heavy atom. The number of rotatable bonds is 23. The van der Waals surface area contributed by atoms with Crippen LogP contribution in [0.5, 0.6) is 0 Å². The van der Waals surface area contributed by atoms with E-state index in [9.17, 15) is 0 Å². The van der Waals surface area contributed by atoms with Crippen LogP contribution in [0.2, 0.25) is 0 Å². The molecule has 0 radical (unpaired) electrons. The highest BCUT2D eigenvalue weighted by atomic mass is 15.4. The van der Waals surface area contributed by atoms with E-state index in [4.69, 9.17) is 0 Å². The first kappa shape index (κ1) is 29.8. The lowest BCUT2D eigenvalue weighted by atomic mass is 10.0. The summed E-state index contributed by atoms with van der Waals surface area (Å²) < 4.78 is 0. The molecule has 0 aliphatic carbocycles. The zero-order valence-corrected chi connectivity index (χ0v) is 23.6. The molecule has 0 saturated carbocycles. The van der Waals surface area contributed by atoms with Gasteiger partial charge >= 0.3 is 0 Å². The van der Waals surface area contributed by atoms with Crippen molar-refractivity contribution in [1.82, 2.24) is 9.80 Å². The first-order valence-electron chi connectivity index (χ1n) is 15.6. The molecule has 1 aliphatic heterocycles. The molecule has 200 valence electrons.